The molecule has 0 saturated carbocycles. The number of aliphatic hydroxyl groups is 1. The molecule has 0 amide bonds. The summed E-state index contributed by atoms with van der Waals surface area (Å²) in [5.41, 5.74) is 2.08. The average Bonchev–Trinajstić information content (AvgIpc) is 2.76. The zero-order valence-electron chi connectivity index (χ0n) is 8.48. The number of hydrogen-bond donors (Lipinski definition) is 2. The molecule has 1 heterocycles. The first kappa shape index (κ1) is 9.93. The van der Waals surface area contributed by atoms with Gasteiger partial charge < -0.3 is 10.1 Å². The number of benzene rings is 1. The number of H-pyrrole nitrogens is 1. The summed E-state index contributed by atoms with van der Waals surface area (Å²) < 4.78 is 0. The lowest BCUT2D eigenvalue weighted by Gasteiger charge is -1.94. The molecule has 1 aromatic heterocycles. The molecule has 2 N–H and O–H groups in total. The van der Waals surface area contributed by atoms with Crippen molar-refractivity contribution in [3.05, 3.63) is 42.4 Å². The van der Waals surface area contributed by atoms with E-state index >= 15 is 0 Å². The maximum atomic E-state index is 8.71. The Morgan fingerprint density at radius 1 is 1.20 bits per heavy atom. The maximum absolute atomic E-state index is 8.71. The van der Waals surface area contributed by atoms with E-state index in [9.17, 15) is 0 Å². The van der Waals surface area contributed by atoms with E-state index in [1.807, 2.05) is 36.5 Å². The second-order valence-electron chi connectivity index (χ2n) is 3.43. The van der Waals surface area contributed by atoms with Crippen molar-refractivity contribution in [1.29, 1.82) is 0 Å². The van der Waals surface area contributed by atoms with Crippen LogP contribution in [0.4, 0.5) is 0 Å². The monoisotopic (exact) mass is 202 g/mol. The largest absolute Gasteiger partial charge is 0.396 e. The molecule has 0 fully saturated rings. The summed E-state index contributed by atoms with van der Waals surface area (Å²) in [7, 11) is 0. The van der Waals surface area contributed by atoms with Gasteiger partial charge in [0.2, 0.25) is 0 Å². The number of nitrogens with one attached hydrogen (secondary N) is 1. The van der Waals surface area contributed by atoms with Gasteiger partial charge in [0, 0.05) is 24.8 Å². The number of nitrogens with zero attached hydrogens (tertiary/aromatic N) is 1. The molecule has 0 aliphatic heterocycles. The molecule has 0 aliphatic carbocycles. The molecule has 0 saturated heterocycles. The van der Waals surface area contributed by atoms with Crippen LogP contribution >= 0.6 is 0 Å². The average molecular weight is 202 g/mol. The van der Waals surface area contributed by atoms with Crippen LogP contribution in [0.15, 0.2) is 36.5 Å². The molecule has 0 aliphatic rings. The van der Waals surface area contributed by atoms with Crippen molar-refractivity contribution >= 4 is 0 Å². The van der Waals surface area contributed by atoms with E-state index in [-0.39, 0.29) is 6.61 Å². The van der Waals surface area contributed by atoms with Gasteiger partial charge in [-0.15, -0.1) is 0 Å². The number of aromatic nitrogens is 2. The van der Waals surface area contributed by atoms with Gasteiger partial charge >= 0.3 is 0 Å². The Balaban J connectivity index is 2.14. The summed E-state index contributed by atoms with van der Waals surface area (Å²) in [5.74, 6) is 0.933. The van der Waals surface area contributed by atoms with E-state index in [0.717, 1.165) is 29.9 Å². The number of aliphatic hydroxyl groups excluding tert-OH is 1. The zero-order chi connectivity index (χ0) is 10.5. The van der Waals surface area contributed by atoms with Crippen molar-refractivity contribution < 1.29 is 5.11 Å². The minimum Gasteiger partial charge on any atom is -0.396 e. The first-order chi connectivity index (χ1) is 7.40. The normalized spacial score (nSPS) is 10.5. The van der Waals surface area contributed by atoms with E-state index in [1.54, 1.807) is 0 Å². The lowest BCUT2D eigenvalue weighted by Crippen LogP contribution is -1.91. The topological polar surface area (TPSA) is 48.9 Å². The molecule has 0 spiro atoms. The first-order valence-electron chi connectivity index (χ1n) is 5.11. The Hall–Kier alpha value is -1.61. The molecule has 2 aromatic rings. The van der Waals surface area contributed by atoms with E-state index in [4.69, 9.17) is 5.11 Å². The fourth-order valence-electron chi connectivity index (χ4n) is 1.49. The minimum atomic E-state index is 0.210. The lowest BCUT2D eigenvalue weighted by molar-refractivity contribution is 0.287. The number of aryl methyl sites for hydroxylation is 1. The van der Waals surface area contributed by atoms with Crippen molar-refractivity contribution in [3.63, 3.8) is 0 Å². The van der Waals surface area contributed by atoms with E-state index < -0.39 is 0 Å². The third kappa shape index (κ3) is 2.44. The predicted octanol–water partition coefficient (Wildman–Crippen LogP) is 2.00. The summed E-state index contributed by atoms with van der Waals surface area (Å²) in [6.45, 7) is 0.210. The second kappa shape index (κ2) is 4.75. The summed E-state index contributed by atoms with van der Waals surface area (Å²) in [5, 5.41) is 8.71. The second-order valence-corrected chi connectivity index (χ2v) is 3.43. The highest BCUT2D eigenvalue weighted by Gasteiger charge is 2.02. The summed E-state index contributed by atoms with van der Waals surface area (Å²) in [6.07, 6.45) is 3.45. The highest BCUT2D eigenvalue weighted by Crippen LogP contribution is 2.16. The number of rotatable bonds is 4. The molecule has 0 atom stereocenters. The Labute approximate surface area is 88.8 Å². The van der Waals surface area contributed by atoms with Crippen LogP contribution in [0, 0.1) is 0 Å². The fraction of sp³-hybridized carbons (Fsp3) is 0.250. The Morgan fingerprint density at radius 3 is 2.73 bits per heavy atom. The van der Waals surface area contributed by atoms with Crippen LogP contribution < -0.4 is 0 Å². The fourth-order valence-corrected chi connectivity index (χ4v) is 1.49. The third-order valence-corrected chi connectivity index (χ3v) is 2.27. The van der Waals surface area contributed by atoms with Gasteiger partial charge in [-0.25, -0.2) is 4.98 Å². The van der Waals surface area contributed by atoms with Crippen LogP contribution in [0.2, 0.25) is 0 Å². The summed E-state index contributed by atoms with van der Waals surface area (Å²) in [4.78, 5) is 7.57. The van der Waals surface area contributed by atoms with Gasteiger partial charge in [0.15, 0.2) is 0 Å². The maximum Gasteiger partial charge on any atom is 0.106 e. The van der Waals surface area contributed by atoms with Crippen LogP contribution in [0.25, 0.3) is 11.3 Å². The number of hydrogen-bond acceptors (Lipinski definition) is 2. The SMILES string of the molecule is OCCCc1nc(-c2ccccc2)c[nH]1. The van der Waals surface area contributed by atoms with Crippen molar-refractivity contribution in [2.75, 3.05) is 6.61 Å². The lowest BCUT2D eigenvalue weighted by atomic mass is 10.2. The Morgan fingerprint density at radius 2 is 2.00 bits per heavy atom. The van der Waals surface area contributed by atoms with Crippen LogP contribution in [0.3, 0.4) is 0 Å². The van der Waals surface area contributed by atoms with Crippen molar-refractivity contribution in [2.45, 2.75) is 12.8 Å². The smallest absolute Gasteiger partial charge is 0.106 e. The molecule has 15 heavy (non-hydrogen) atoms. The highest BCUT2D eigenvalue weighted by atomic mass is 16.2. The Bertz CT molecular complexity index is 409. The van der Waals surface area contributed by atoms with Gasteiger partial charge in [0.05, 0.1) is 5.69 Å². The standard InChI is InChI=1S/C12H14N2O/c15-8-4-7-12-13-9-11(14-12)10-5-2-1-3-6-10/h1-3,5-6,9,15H,4,7-8H2,(H,13,14). The van der Waals surface area contributed by atoms with Gasteiger partial charge in [0.1, 0.15) is 5.82 Å². The van der Waals surface area contributed by atoms with Crippen molar-refractivity contribution in [2.24, 2.45) is 0 Å². The first-order valence-corrected chi connectivity index (χ1v) is 5.11. The van der Waals surface area contributed by atoms with E-state index in [2.05, 4.69) is 9.97 Å². The Kier molecular flexibility index (Phi) is 3.15. The molecule has 0 bridgehead atoms. The molecule has 3 heteroatoms. The third-order valence-electron chi connectivity index (χ3n) is 2.27. The van der Waals surface area contributed by atoms with E-state index in [0.29, 0.717) is 0 Å². The molecular weight excluding hydrogens is 188 g/mol. The van der Waals surface area contributed by atoms with Gasteiger partial charge in [-0.05, 0) is 6.42 Å². The van der Waals surface area contributed by atoms with E-state index in [1.165, 1.54) is 0 Å². The van der Waals surface area contributed by atoms with Gasteiger partial charge in [-0.1, -0.05) is 30.3 Å². The summed E-state index contributed by atoms with van der Waals surface area (Å²) >= 11 is 0. The predicted molar refractivity (Wildman–Crippen MR) is 59.4 cm³/mol. The number of aromatic amines is 1. The molecule has 0 radical (unpaired) electrons. The number of imidazole rings is 1. The summed E-state index contributed by atoms with van der Waals surface area (Å²) in [6, 6.07) is 10.1. The molecule has 3 nitrogen and oxygen atoms in total. The van der Waals surface area contributed by atoms with Crippen LogP contribution in [0.5, 0.6) is 0 Å². The van der Waals surface area contributed by atoms with Crippen molar-refractivity contribution in [1.82, 2.24) is 9.97 Å². The minimum absolute atomic E-state index is 0.210. The van der Waals surface area contributed by atoms with Gasteiger partial charge in [-0.3, -0.25) is 0 Å². The van der Waals surface area contributed by atoms with Crippen LogP contribution in [0.1, 0.15) is 12.2 Å². The quantitative estimate of drug-likeness (QED) is 0.796. The van der Waals surface area contributed by atoms with Crippen LogP contribution in [-0.4, -0.2) is 21.7 Å². The van der Waals surface area contributed by atoms with Gasteiger partial charge in [0.25, 0.3) is 0 Å². The molecular formula is C12H14N2O. The highest BCUT2D eigenvalue weighted by molar-refractivity contribution is 5.57. The molecule has 1 aromatic carbocycles. The van der Waals surface area contributed by atoms with Crippen LogP contribution in [-0.2, 0) is 6.42 Å². The van der Waals surface area contributed by atoms with Gasteiger partial charge in [-0.2, -0.15) is 0 Å². The zero-order valence-corrected chi connectivity index (χ0v) is 8.48. The molecule has 0 unspecified atom stereocenters. The van der Waals surface area contributed by atoms with Crippen molar-refractivity contribution in [3.8, 4) is 11.3 Å². The molecule has 78 valence electrons. The molecule has 2 rings (SSSR count).